The van der Waals surface area contributed by atoms with Gasteiger partial charge in [-0.05, 0) is 31.2 Å². The second kappa shape index (κ2) is 6.12. The number of aryl methyl sites for hydroxylation is 1. The Kier molecular flexibility index (Phi) is 4.24. The van der Waals surface area contributed by atoms with E-state index in [1.807, 2.05) is 30.9 Å². The van der Waals surface area contributed by atoms with Gasteiger partial charge in [-0.3, -0.25) is 4.99 Å². The number of nitrogens with zero attached hydrogens (tertiary/aromatic N) is 3. The Morgan fingerprint density at radius 2 is 2.15 bits per heavy atom. The molecule has 1 aromatic heterocycles. The number of amidine groups is 1. The minimum absolute atomic E-state index is 0.500. The molecular formula is C15H22N4S. The zero-order chi connectivity index (χ0) is 13.8. The Morgan fingerprint density at radius 3 is 2.85 bits per heavy atom. The number of thioether (sulfide) groups is 1. The fourth-order valence-electron chi connectivity index (χ4n) is 3.03. The van der Waals surface area contributed by atoms with E-state index in [9.17, 15) is 0 Å². The van der Waals surface area contributed by atoms with Crippen LogP contribution < -0.4 is 5.32 Å². The van der Waals surface area contributed by atoms with E-state index in [0.717, 1.165) is 29.8 Å². The predicted molar refractivity (Wildman–Crippen MR) is 83.9 cm³/mol. The summed E-state index contributed by atoms with van der Waals surface area (Å²) in [6.45, 7) is 3.66. The minimum atomic E-state index is 0.500. The summed E-state index contributed by atoms with van der Waals surface area (Å²) in [7, 11) is 0. The molecular weight excluding hydrogens is 268 g/mol. The summed E-state index contributed by atoms with van der Waals surface area (Å²) in [6.07, 6.45) is 8.72. The summed E-state index contributed by atoms with van der Waals surface area (Å²) in [6, 6.07) is 1.96. The normalized spacial score (nSPS) is 21.6. The Hall–Kier alpha value is -1.10. The highest BCUT2D eigenvalue weighted by molar-refractivity contribution is 8.13. The summed E-state index contributed by atoms with van der Waals surface area (Å²) < 4.78 is 0. The smallest absolute Gasteiger partial charge is 0.156 e. The van der Waals surface area contributed by atoms with E-state index in [0.29, 0.717) is 5.41 Å². The molecule has 4 nitrogen and oxygen atoms in total. The first-order chi connectivity index (χ1) is 9.76. The Bertz CT molecular complexity index is 494. The molecule has 0 saturated heterocycles. The third-order valence-electron chi connectivity index (χ3n) is 4.24. The van der Waals surface area contributed by atoms with Crippen LogP contribution >= 0.6 is 11.8 Å². The molecule has 1 aliphatic heterocycles. The van der Waals surface area contributed by atoms with Crippen molar-refractivity contribution in [3.63, 3.8) is 0 Å². The lowest BCUT2D eigenvalue weighted by atomic mass is 9.75. The highest BCUT2D eigenvalue weighted by atomic mass is 32.2. The first-order valence-electron chi connectivity index (χ1n) is 7.45. The van der Waals surface area contributed by atoms with Crippen LogP contribution in [0.5, 0.6) is 0 Å². The van der Waals surface area contributed by atoms with Gasteiger partial charge in [-0.25, -0.2) is 9.97 Å². The minimum Gasteiger partial charge on any atom is -0.359 e. The summed E-state index contributed by atoms with van der Waals surface area (Å²) >= 11 is 1.89. The largest absolute Gasteiger partial charge is 0.359 e. The molecule has 0 unspecified atom stereocenters. The molecule has 0 amide bonds. The molecule has 0 atom stereocenters. The first kappa shape index (κ1) is 13.9. The van der Waals surface area contributed by atoms with E-state index >= 15 is 0 Å². The maximum Gasteiger partial charge on any atom is 0.156 e. The van der Waals surface area contributed by atoms with Gasteiger partial charge in [0.25, 0.3) is 0 Å². The van der Waals surface area contributed by atoms with E-state index in [-0.39, 0.29) is 0 Å². The van der Waals surface area contributed by atoms with Crippen molar-refractivity contribution in [3.8, 4) is 0 Å². The van der Waals surface area contributed by atoms with Gasteiger partial charge in [0.15, 0.2) is 5.17 Å². The van der Waals surface area contributed by atoms with E-state index in [4.69, 9.17) is 4.99 Å². The van der Waals surface area contributed by atoms with Gasteiger partial charge in [0, 0.05) is 18.5 Å². The van der Waals surface area contributed by atoms with Crippen LogP contribution in [0.4, 0.5) is 0 Å². The van der Waals surface area contributed by atoms with Crippen molar-refractivity contribution in [2.24, 2.45) is 10.4 Å². The number of hydrogen-bond donors (Lipinski definition) is 1. The van der Waals surface area contributed by atoms with Crippen molar-refractivity contribution in [1.82, 2.24) is 15.3 Å². The highest BCUT2D eigenvalue weighted by Crippen LogP contribution is 2.41. The molecule has 1 aliphatic carbocycles. The van der Waals surface area contributed by atoms with Gasteiger partial charge in [0.05, 0.1) is 12.2 Å². The molecule has 1 N–H and O–H groups in total. The van der Waals surface area contributed by atoms with Crippen molar-refractivity contribution >= 4 is 16.9 Å². The Labute approximate surface area is 124 Å². The summed E-state index contributed by atoms with van der Waals surface area (Å²) in [4.78, 5) is 13.3. The Morgan fingerprint density at radius 1 is 1.30 bits per heavy atom. The lowest BCUT2D eigenvalue weighted by Crippen LogP contribution is -2.36. The fraction of sp³-hybridized carbons (Fsp3) is 0.667. The van der Waals surface area contributed by atoms with Crippen molar-refractivity contribution in [1.29, 1.82) is 0 Å². The van der Waals surface area contributed by atoms with Gasteiger partial charge in [0.2, 0.25) is 0 Å². The monoisotopic (exact) mass is 290 g/mol. The maximum absolute atomic E-state index is 4.77. The SMILES string of the molecule is Cc1nccc(CNC2=NCC3(CCCCC3)CS2)n1. The third kappa shape index (κ3) is 3.32. The molecule has 1 fully saturated rings. The molecule has 2 aliphatic rings. The van der Waals surface area contributed by atoms with Gasteiger partial charge in [0.1, 0.15) is 5.82 Å². The molecule has 5 heteroatoms. The lowest BCUT2D eigenvalue weighted by molar-refractivity contribution is 0.232. The van der Waals surface area contributed by atoms with Gasteiger partial charge in [-0.15, -0.1) is 0 Å². The van der Waals surface area contributed by atoms with Crippen molar-refractivity contribution < 1.29 is 0 Å². The second-order valence-electron chi connectivity index (χ2n) is 5.92. The van der Waals surface area contributed by atoms with E-state index in [2.05, 4.69) is 15.3 Å². The van der Waals surface area contributed by atoms with Crippen LogP contribution in [0.15, 0.2) is 17.3 Å². The van der Waals surface area contributed by atoms with Crippen molar-refractivity contribution in [3.05, 3.63) is 23.8 Å². The number of aliphatic imine (C=N–C) groups is 1. The summed E-state index contributed by atoms with van der Waals surface area (Å²) in [5.74, 6) is 2.05. The van der Waals surface area contributed by atoms with Crippen molar-refractivity contribution in [2.45, 2.75) is 45.6 Å². The quantitative estimate of drug-likeness (QED) is 0.910. The van der Waals surface area contributed by atoms with Gasteiger partial charge < -0.3 is 5.32 Å². The highest BCUT2D eigenvalue weighted by Gasteiger charge is 2.34. The number of nitrogens with one attached hydrogen (secondary N) is 1. The van der Waals surface area contributed by atoms with Gasteiger partial charge in [-0.1, -0.05) is 31.0 Å². The summed E-state index contributed by atoms with van der Waals surface area (Å²) in [5, 5.41) is 4.49. The van der Waals surface area contributed by atoms with Crippen LogP contribution in [0.25, 0.3) is 0 Å². The van der Waals surface area contributed by atoms with E-state index < -0.39 is 0 Å². The molecule has 2 heterocycles. The molecule has 20 heavy (non-hydrogen) atoms. The Balaban J connectivity index is 1.54. The molecule has 1 spiro atoms. The average Bonchev–Trinajstić information content (AvgIpc) is 2.48. The second-order valence-corrected chi connectivity index (χ2v) is 6.88. The van der Waals surface area contributed by atoms with Crippen LogP contribution in [0.3, 0.4) is 0 Å². The average molecular weight is 290 g/mol. The first-order valence-corrected chi connectivity index (χ1v) is 8.44. The van der Waals surface area contributed by atoms with Crippen LogP contribution in [-0.4, -0.2) is 27.4 Å². The standard InChI is InChI=1S/C15H22N4S/c1-12-16-8-5-13(19-12)9-17-14-18-10-15(11-20-14)6-3-2-4-7-15/h5,8H,2-4,6-7,9-11H2,1H3,(H,17,18). The number of aromatic nitrogens is 2. The van der Waals surface area contributed by atoms with Crippen LogP contribution in [0.2, 0.25) is 0 Å². The topological polar surface area (TPSA) is 50.2 Å². The number of rotatable bonds is 2. The predicted octanol–water partition coefficient (Wildman–Crippen LogP) is 2.93. The summed E-state index contributed by atoms with van der Waals surface area (Å²) in [5.41, 5.74) is 1.53. The van der Waals surface area contributed by atoms with Crippen LogP contribution in [0.1, 0.15) is 43.6 Å². The zero-order valence-corrected chi connectivity index (χ0v) is 12.9. The molecule has 0 aromatic carbocycles. The molecule has 1 saturated carbocycles. The van der Waals surface area contributed by atoms with Crippen molar-refractivity contribution in [2.75, 3.05) is 12.3 Å². The fourth-order valence-corrected chi connectivity index (χ4v) is 4.19. The molecule has 1 aromatic rings. The zero-order valence-electron chi connectivity index (χ0n) is 12.1. The molecule has 3 rings (SSSR count). The number of hydrogen-bond acceptors (Lipinski definition) is 5. The molecule has 0 bridgehead atoms. The van der Waals surface area contributed by atoms with Gasteiger partial charge >= 0.3 is 0 Å². The maximum atomic E-state index is 4.77. The van der Waals surface area contributed by atoms with Crippen LogP contribution in [0, 0.1) is 12.3 Å². The third-order valence-corrected chi connectivity index (χ3v) is 5.55. The van der Waals surface area contributed by atoms with E-state index in [1.165, 1.54) is 37.9 Å². The molecule has 108 valence electrons. The van der Waals surface area contributed by atoms with E-state index in [1.54, 1.807) is 0 Å². The van der Waals surface area contributed by atoms with Gasteiger partial charge in [-0.2, -0.15) is 0 Å². The van der Waals surface area contributed by atoms with Crippen LogP contribution in [-0.2, 0) is 6.54 Å². The lowest BCUT2D eigenvalue weighted by Gasteiger charge is -2.38. The molecule has 0 radical (unpaired) electrons.